The Morgan fingerprint density at radius 3 is 2.25 bits per heavy atom. The highest BCUT2D eigenvalue weighted by atomic mass is 35.5. The van der Waals surface area contributed by atoms with E-state index in [1.165, 1.54) is 12.4 Å². The first kappa shape index (κ1) is 14.9. The van der Waals surface area contributed by atoms with Gasteiger partial charge in [-0.05, 0) is 24.1 Å². The van der Waals surface area contributed by atoms with Gasteiger partial charge in [-0.3, -0.25) is 4.79 Å². The van der Waals surface area contributed by atoms with Crippen LogP contribution in [0.4, 0.5) is 0 Å². The van der Waals surface area contributed by atoms with Crippen LogP contribution in [-0.2, 0) is 12.8 Å². The highest BCUT2D eigenvalue weighted by Gasteiger charge is 2.08. The van der Waals surface area contributed by atoms with Crippen LogP contribution in [0.1, 0.15) is 21.7 Å². The third kappa shape index (κ3) is 3.54. The van der Waals surface area contributed by atoms with Gasteiger partial charge in [0.05, 0.1) is 5.56 Å². The molecule has 1 N–H and O–H groups in total. The largest absolute Gasteiger partial charge is 0.388 e. The number of carbonyl (C=O) groups is 1. The first-order valence-corrected chi connectivity index (χ1v) is 6.75. The summed E-state index contributed by atoms with van der Waals surface area (Å²) in [6.45, 7) is -0.544. The van der Waals surface area contributed by atoms with Crippen molar-refractivity contribution in [3.63, 3.8) is 0 Å². The van der Waals surface area contributed by atoms with Gasteiger partial charge in [-0.15, -0.1) is 0 Å². The van der Waals surface area contributed by atoms with E-state index in [2.05, 4.69) is 9.97 Å². The maximum absolute atomic E-state index is 11.2. The highest BCUT2D eigenvalue weighted by Crippen LogP contribution is 2.25. The first-order chi connectivity index (χ1) is 9.61. The zero-order valence-corrected chi connectivity index (χ0v) is 12.0. The number of halogens is 2. The first-order valence-electron chi connectivity index (χ1n) is 5.99. The minimum atomic E-state index is -0.544. The van der Waals surface area contributed by atoms with Gasteiger partial charge in [-0.25, -0.2) is 9.97 Å². The number of Topliss-reactive ketones (excluding diaryl/α,β-unsaturated/α-hetero) is 1. The van der Waals surface area contributed by atoms with Gasteiger partial charge >= 0.3 is 0 Å². The third-order valence-corrected chi connectivity index (χ3v) is 3.54. The Morgan fingerprint density at radius 2 is 1.70 bits per heavy atom. The second-order valence-electron chi connectivity index (χ2n) is 4.17. The van der Waals surface area contributed by atoms with E-state index in [0.29, 0.717) is 34.3 Å². The van der Waals surface area contributed by atoms with E-state index in [1.807, 2.05) is 0 Å². The molecule has 1 heterocycles. The van der Waals surface area contributed by atoms with Crippen LogP contribution >= 0.6 is 23.2 Å². The summed E-state index contributed by atoms with van der Waals surface area (Å²) in [5.74, 6) is 0.196. The monoisotopic (exact) mass is 310 g/mol. The van der Waals surface area contributed by atoms with Crippen molar-refractivity contribution in [2.24, 2.45) is 0 Å². The molecule has 0 radical (unpaired) electrons. The molecular formula is C14H12Cl2N2O2. The predicted octanol–water partition coefficient (Wildman–Crippen LogP) is 2.74. The number of carbonyl (C=O) groups excluding carboxylic acids is 1. The standard InChI is InChI=1S/C14H12Cl2N2O2/c15-11-2-1-3-12(16)10(11)4-5-14-17-6-9(7-18-14)13(20)8-19/h1-3,6-7,19H,4-5,8H2. The summed E-state index contributed by atoms with van der Waals surface area (Å²) < 4.78 is 0. The van der Waals surface area contributed by atoms with Crippen LogP contribution in [-0.4, -0.2) is 27.5 Å². The average molecular weight is 311 g/mol. The Hall–Kier alpha value is -1.49. The van der Waals surface area contributed by atoms with Crippen molar-refractivity contribution in [1.82, 2.24) is 9.97 Å². The molecule has 0 saturated carbocycles. The summed E-state index contributed by atoms with van der Waals surface area (Å²) in [4.78, 5) is 19.4. The molecule has 104 valence electrons. The van der Waals surface area contributed by atoms with Crippen LogP contribution < -0.4 is 0 Å². The predicted molar refractivity (Wildman–Crippen MR) is 77.3 cm³/mol. The van der Waals surface area contributed by atoms with Crippen molar-refractivity contribution in [2.45, 2.75) is 12.8 Å². The summed E-state index contributed by atoms with van der Waals surface area (Å²) in [6, 6.07) is 5.36. The second kappa shape index (κ2) is 6.79. The third-order valence-electron chi connectivity index (χ3n) is 2.83. The Morgan fingerprint density at radius 1 is 1.10 bits per heavy atom. The van der Waals surface area contributed by atoms with E-state index in [9.17, 15) is 4.79 Å². The molecule has 0 unspecified atom stereocenters. The zero-order valence-electron chi connectivity index (χ0n) is 10.5. The number of ketones is 1. The fourth-order valence-electron chi connectivity index (χ4n) is 1.73. The van der Waals surface area contributed by atoms with Crippen LogP contribution in [0, 0.1) is 0 Å². The fourth-order valence-corrected chi connectivity index (χ4v) is 2.31. The van der Waals surface area contributed by atoms with Crippen LogP contribution in [0.3, 0.4) is 0 Å². The van der Waals surface area contributed by atoms with Crippen LogP contribution in [0.25, 0.3) is 0 Å². The highest BCUT2D eigenvalue weighted by molar-refractivity contribution is 6.35. The summed E-state index contributed by atoms with van der Waals surface area (Å²) in [5.41, 5.74) is 1.15. The van der Waals surface area contributed by atoms with Crippen molar-refractivity contribution < 1.29 is 9.90 Å². The van der Waals surface area contributed by atoms with Gasteiger partial charge < -0.3 is 5.11 Å². The smallest absolute Gasteiger partial charge is 0.191 e. The molecule has 4 nitrogen and oxygen atoms in total. The number of rotatable bonds is 5. The lowest BCUT2D eigenvalue weighted by molar-refractivity contribution is 0.0903. The molecule has 0 aliphatic carbocycles. The molecule has 0 fully saturated rings. The molecule has 2 aromatic rings. The molecule has 0 amide bonds. The van der Waals surface area contributed by atoms with E-state index < -0.39 is 12.4 Å². The molecule has 0 atom stereocenters. The van der Waals surface area contributed by atoms with Crippen LogP contribution in [0.2, 0.25) is 10.0 Å². The van der Waals surface area contributed by atoms with Crippen molar-refractivity contribution in [1.29, 1.82) is 0 Å². The molecule has 0 aliphatic rings. The van der Waals surface area contributed by atoms with Gasteiger partial charge in [0.25, 0.3) is 0 Å². The quantitative estimate of drug-likeness (QED) is 0.863. The molecular weight excluding hydrogens is 299 g/mol. The molecule has 1 aromatic heterocycles. The van der Waals surface area contributed by atoms with Gasteiger partial charge in [0.15, 0.2) is 5.78 Å². The Bertz CT molecular complexity index is 595. The van der Waals surface area contributed by atoms with E-state index in [-0.39, 0.29) is 0 Å². The second-order valence-corrected chi connectivity index (χ2v) is 4.98. The van der Waals surface area contributed by atoms with Gasteiger partial charge in [0.2, 0.25) is 0 Å². The maximum atomic E-state index is 11.2. The Balaban J connectivity index is 2.06. The molecule has 1 aromatic carbocycles. The van der Waals surface area contributed by atoms with Crippen molar-refractivity contribution in [3.8, 4) is 0 Å². The lowest BCUT2D eigenvalue weighted by Gasteiger charge is -2.06. The van der Waals surface area contributed by atoms with E-state index in [4.69, 9.17) is 28.3 Å². The van der Waals surface area contributed by atoms with Crippen molar-refractivity contribution in [2.75, 3.05) is 6.61 Å². The van der Waals surface area contributed by atoms with Crippen molar-refractivity contribution in [3.05, 3.63) is 57.6 Å². The average Bonchev–Trinajstić information content (AvgIpc) is 2.46. The van der Waals surface area contributed by atoms with Gasteiger partial charge in [-0.1, -0.05) is 29.3 Å². The summed E-state index contributed by atoms with van der Waals surface area (Å²) in [6.07, 6.45) is 4.01. The van der Waals surface area contributed by atoms with Gasteiger partial charge in [0, 0.05) is 28.9 Å². The van der Waals surface area contributed by atoms with Gasteiger partial charge in [-0.2, -0.15) is 0 Å². The van der Waals surface area contributed by atoms with Gasteiger partial charge in [0.1, 0.15) is 12.4 Å². The van der Waals surface area contributed by atoms with Crippen molar-refractivity contribution >= 4 is 29.0 Å². The maximum Gasteiger partial charge on any atom is 0.191 e. The minimum absolute atomic E-state index is 0.298. The molecule has 6 heteroatoms. The number of hydrogen-bond acceptors (Lipinski definition) is 4. The van der Waals surface area contributed by atoms with Crippen LogP contribution in [0.5, 0.6) is 0 Å². The number of nitrogens with zero attached hydrogens (tertiary/aromatic N) is 2. The summed E-state index contributed by atoms with van der Waals surface area (Å²) in [7, 11) is 0. The minimum Gasteiger partial charge on any atom is -0.388 e. The SMILES string of the molecule is O=C(CO)c1cnc(CCc2c(Cl)cccc2Cl)nc1. The topological polar surface area (TPSA) is 63.1 Å². The molecule has 2 rings (SSSR count). The Kier molecular flexibility index (Phi) is 5.06. The molecule has 0 bridgehead atoms. The molecule has 0 aliphatic heterocycles. The Labute approximate surface area is 126 Å². The normalized spacial score (nSPS) is 10.6. The number of aliphatic hydroxyl groups excluding tert-OH is 1. The number of aryl methyl sites for hydroxylation is 1. The summed E-state index contributed by atoms with van der Waals surface area (Å²) in [5, 5.41) is 9.97. The molecule has 0 saturated heterocycles. The number of hydrogen-bond donors (Lipinski definition) is 1. The lowest BCUT2D eigenvalue weighted by atomic mass is 10.1. The summed E-state index contributed by atoms with van der Waals surface area (Å²) >= 11 is 12.2. The van der Waals surface area contributed by atoms with E-state index in [0.717, 1.165) is 5.56 Å². The fraction of sp³-hybridized carbons (Fsp3) is 0.214. The number of aromatic nitrogens is 2. The molecule has 20 heavy (non-hydrogen) atoms. The van der Waals surface area contributed by atoms with E-state index in [1.54, 1.807) is 18.2 Å². The lowest BCUT2D eigenvalue weighted by Crippen LogP contribution is -2.07. The van der Waals surface area contributed by atoms with Crippen LogP contribution in [0.15, 0.2) is 30.6 Å². The number of aliphatic hydroxyl groups is 1. The van der Waals surface area contributed by atoms with E-state index >= 15 is 0 Å². The zero-order chi connectivity index (χ0) is 14.5. The molecule has 0 spiro atoms. The number of benzene rings is 1.